The van der Waals surface area contributed by atoms with Crippen LogP contribution in [0.1, 0.15) is 36.0 Å². The fourth-order valence-electron chi connectivity index (χ4n) is 2.35. The van der Waals surface area contributed by atoms with E-state index < -0.39 is 0 Å². The maximum absolute atomic E-state index is 11.9. The van der Waals surface area contributed by atoms with E-state index in [1.807, 2.05) is 0 Å². The van der Waals surface area contributed by atoms with Crippen LogP contribution in [-0.4, -0.2) is 42.1 Å². The normalized spacial score (nSPS) is 14.0. The number of nitrogens with one attached hydrogen (secondary N) is 1. The first-order valence-electron chi connectivity index (χ1n) is 7.39. The first kappa shape index (κ1) is 16.5. The van der Waals surface area contributed by atoms with Gasteiger partial charge in [-0.25, -0.2) is 0 Å². The number of ketones is 1. The Morgan fingerprint density at radius 3 is 2.32 bits per heavy atom. The first-order valence-corrected chi connectivity index (χ1v) is 7.77. The molecule has 2 amide bonds. The van der Waals surface area contributed by atoms with Gasteiger partial charge in [0, 0.05) is 36.5 Å². The van der Waals surface area contributed by atoms with E-state index in [0.717, 1.165) is 25.9 Å². The predicted molar refractivity (Wildman–Crippen MR) is 83.8 cm³/mol. The Balaban J connectivity index is 1.69. The molecule has 118 valence electrons. The van der Waals surface area contributed by atoms with Gasteiger partial charge in [-0.2, -0.15) is 0 Å². The van der Waals surface area contributed by atoms with Crippen molar-refractivity contribution in [3.05, 3.63) is 34.9 Å². The number of amides is 2. The summed E-state index contributed by atoms with van der Waals surface area (Å²) in [6.07, 6.45) is 2.24. The lowest BCUT2D eigenvalue weighted by Crippen LogP contribution is -2.38. The van der Waals surface area contributed by atoms with Crippen molar-refractivity contribution in [3.8, 4) is 0 Å². The van der Waals surface area contributed by atoms with Crippen molar-refractivity contribution >= 4 is 29.2 Å². The molecule has 1 aliphatic heterocycles. The van der Waals surface area contributed by atoms with E-state index in [4.69, 9.17) is 11.6 Å². The topological polar surface area (TPSA) is 66.5 Å². The molecule has 0 aliphatic carbocycles. The second kappa shape index (κ2) is 7.94. The molecule has 1 saturated heterocycles. The summed E-state index contributed by atoms with van der Waals surface area (Å²) < 4.78 is 0. The van der Waals surface area contributed by atoms with E-state index in [9.17, 15) is 14.4 Å². The summed E-state index contributed by atoms with van der Waals surface area (Å²) in [6.45, 7) is 1.54. The zero-order chi connectivity index (χ0) is 15.9. The minimum Gasteiger partial charge on any atom is -0.347 e. The van der Waals surface area contributed by atoms with E-state index in [0.29, 0.717) is 10.6 Å². The smallest absolute Gasteiger partial charge is 0.241 e. The lowest BCUT2D eigenvalue weighted by molar-refractivity contribution is -0.132. The Morgan fingerprint density at radius 1 is 1.05 bits per heavy atom. The highest BCUT2D eigenvalue weighted by atomic mass is 35.5. The number of carbonyl (C=O) groups excluding carboxylic acids is 3. The number of likely N-dealkylation sites (tertiary alicyclic amines) is 1. The highest BCUT2D eigenvalue weighted by Crippen LogP contribution is 2.12. The third kappa shape index (κ3) is 4.84. The van der Waals surface area contributed by atoms with Gasteiger partial charge in [-0.05, 0) is 37.1 Å². The molecule has 6 heteroatoms. The molecule has 0 bridgehead atoms. The molecule has 1 aromatic rings. The molecule has 0 aromatic heterocycles. The maximum Gasteiger partial charge on any atom is 0.241 e. The number of carbonyl (C=O) groups is 3. The fourth-order valence-corrected chi connectivity index (χ4v) is 2.47. The average Bonchev–Trinajstić information content (AvgIpc) is 3.05. The summed E-state index contributed by atoms with van der Waals surface area (Å²) in [4.78, 5) is 37.1. The quantitative estimate of drug-likeness (QED) is 0.815. The highest BCUT2D eigenvalue weighted by Gasteiger charge is 2.18. The van der Waals surface area contributed by atoms with E-state index >= 15 is 0 Å². The van der Waals surface area contributed by atoms with Crippen molar-refractivity contribution in [3.63, 3.8) is 0 Å². The minimum atomic E-state index is -0.283. The number of Topliss-reactive ketones (excluding diaryl/α,β-unsaturated/α-hetero) is 1. The van der Waals surface area contributed by atoms with Gasteiger partial charge in [0.2, 0.25) is 11.8 Å². The molecule has 22 heavy (non-hydrogen) atoms. The monoisotopic (exact) mass is 322 g/mol. The van der Waals surface area contributed by atoms with Gasteiger partial charge in [0.05, 0.1) is 6.54 Å². The number of halogens is 1. The van der Waals surface area contributed by atoms with Crippen molar-refractivity contribution in [2.75, 3.05) is 19.6 Å². The van der Waals surface area contributed by atoms with Crippen molar-refractivity contribution in [2.24, 2.45) is 0 Å². The van der Waals surface area contributed by atoms with Gasteiger partial charge in [0.25, 0.3) is 0 Å². The maximum atomic E-state index is 11.9. The SMILES string of the molecule is O=C(CCC(=O)c1ccc(Cl)cc1)NCC(=O)N1CCCC1. The van der Waals surface area contributed by atoms with Gasteiger partial charge >= 0.3 is 0 Å². The minimum absolute atomic E-state index is 0.00791. The van der Waals surface area contributed by atoms with Crippen LogP contribution in [0.3, 0.4) is 0 Å². The van der Waals surface area contributed by atoms with Crippen LogP contribution in [0.2, 0.25) is 5.02 Å². The lowest BCUT2D eigenvalue weighted by Gasteiger charge is -2.15. The molecule has 0 saturated carbocycles. The van der Waals surface area contributed by atoms with Crippen LogP contribution in [-0.2, 0) is 9.59 Å². The molecule has 1 N–H and O–H groups in total. The summed E-state index contributed by atoms with van der Waals surface area (Å²) >= 11 is 5.76. The zero-order valence-electron chi connectivity index (χ0n) is 12.3. The van der Waals surface area contributed by atoms with Crippen LogP contribution >= 0.6 is 11.6 Å². The summed E-state index contributed by atoms with van der Waals surface area (Å²) in [5.74, 6) is -0.456. The standard InChI is InChI=1S/C16H19ClN2O3/c17-13-5-3-12(4-6-13)14(20)7-8-15(21)18-11-16(22)19-9-1-2-10-19/h3-6H,1-2,7-11H2,(H,18,21). The Labute approximate surface area is 134 Å². The van der Waals surface area contributed by atoms with Crippen molar-refractivity contribution in [2.45, 2.75) is 25.7 Å². The summed E-state index contributed by atoms with van der Waals surface area (Å²) in [5, 5.41) is 3.14. The van der Waals surface area contributed by atoms with Crippen LogP contribution in [0.15, 0.2) is 24.3 Å². The average molecular weight is 323 g/mol. The predicted octanol–water partition coefficient (Wildman–Crippen LogP) is 2.04. The molecule has 0 spiro atoms. The number of nitrogens with zero attached hydrogens (tertiary/aromatic N) is 1. The largest absolute Gasteiger partial charge is 0.347 e. The molecule has 1 heterocycles. The molecule has 2 rings (SSSR count). The van der Waals surface area contributed by atoms with Crippen LogP contribution in [0, 0.1) is 0 Å². The van der Waals surface area contributed by atoms with Gasteiger partial charge in [0.1, 0.15) is 0 Å². The van der Waals surface area contributed by atoms with E-state index in [2.05, 4.69) is 5.32 Å². The van der Waals surface area contributed by atoms with E-state index in [-0.39, 0.29) is 37.0 Å². The van der Waals surface area contributed by atoms with Gasteiger partial charge < -0.3 is 10.2 Å². The molecule has 0 atom stereocenters. The third-order valence-electron chi connectivity index (χ3n) is 3.64. The molecule has 0 unspecified atom stereocenters. The second-order valence-electron chi connectivity index (χ2n) is 5.29. The number of hydrogen-bond acceptors (Lipinski definition) is 3. The van der Waals surface area contributed by atoms with Gasteiger partial charge in [-0.15, -0.1) is 0 Å². The molecular weight excluding hydrogens is 304 g/mol. The molecule has 1 fully saturated rings. The summed E-state index contributed by atoms with van der Waals surface area (Å²) in [7, 11) is 0. The van der Waals surface area contributed by atoms with Crippen molar-refractivity contribution in [1.82, 2.24) is 10.2 Å². The Bertz CT molecular complexity index is 551. The first-order chi connectivity index (χ1) is 10.6. The molecule has 0 radical (unpaired) electrons. The number of hydrogen-bond donors (Lipinski definition) is 1. The van der Waals surface area contributed by atoms with E-state index in [1.165, 1.54) is 0 Å². The van der Waals surface area contributed by atoms with Crippen LogP contribution in [0.4, 0.5) is 0 Å². The summed E-state index contributed by atoms with van der Waals surface area (Å²) in [5.41, 5.74) is 0.533. The van der Waals surface area contributed by atoms with Crippen LogP contribution in [0.5, 0.6) is 0 Å². The third-order valence-corrected chi connectivity index (χ3v) is 3.89. The second-order valence-corrected chi connectivity index (χ2v) is 5.73. The van der Waals surface area contributed by atoms with E-state index in [1.54, 1.807) is 29.2 Å². The number of rotatable bonds is 6. The number of benzene rings is 1. The molecule has 1 aliphatic rings. The van der Waals surface area contributed by atoms with Gasteiger partial charge in [0.15, 0.2) is 5.78 Å². The van der Waals surface area contributed by atoms with Gasteiger partial charge in [-0.3, -0.25) is 14.4 Å². The lowest BCUT2D eigenvalue weighted by atomic mass is 10.1. The Kier molecular flexibility index (Phi) is 5.95. The van der Waals surface area contributed by atoms with Gasteiger partial charge in [-0.1, -0.05) is 11.6 Å². The zero-order valence-corrected chi connectivity index (χ0v) is 13.1. The Hall–Kier alpha value is -1.88. The van der Waals surface area contributed by atoms with Crippen molar-refractivity contribution < 1.29 is 14.4 Å². The molecule has 5 nitrogen and oxygen atoms in total. The van der Waals surface area contributed by atoms with Crippen LogP contribution in [0.25, 0.3) is 0 Å². The Morgan fingerprint density at radius 2 is 1.68 bits per heavy atom. The molecular formula is C16H19ClN2O3. The van der Waals surface area contributed by atoms with Crippen LogP contribution < -0.4 is 5.32 Å². The van der Waals surface area contributed by atoms with Crippen molar-refractivity contribution in [1.29, 1.82) is 0 Å². The molecule has 1 aromatic carbocycles. The fraction of sp³-hybridized carbons (Fsp3) is 0.438. The summed E-state index contributed by atoms with van der Waals surface area (Å²) in [6, 6.07) is 6.56. The highest BCUT2D eigenvalue weighted by molar-refractivity contribution is 6.30.